The number of hydrogen-bond donors (Lipinski definition) is 2. The maximum atomic E-state index is 5.58. The van der Waals surface area contributed by atoms with Crippen LogP contribution in [-0.4, -0.2) is 33.4 Å². The van der Waals surface area contributed by atoms with Gasteiger partial charge in [0.2, 0.25) is 0 Å². The molecule has 0 spiro atoms. The van der Waals surface area contributed by atoms with Crippen LogP contribution in [0.2, 0.25) is 0 Å². The summed E-state index contributed by atoms with van der Waals surface area (Å²) in [6, 6.07) is 4.10. The first kappa shape index (κ1) is 17.3. The molecule has 0 aliphatic rings. The van der Waals surface area contributed by atoms with E-state index in [1.165, 1.54) is 5.56 Å². The Bertz CT molecular complexity index is 400. The average Bonchev–Trinajstić information content (AvgIpc) is 2.45. The smallest absolute Gasteiger partial charge is 0.175 e. The minimum atomic E-state index is 0.622. The molecule has 0 heterocycles. The quantitative estimate of drug-likeness (QED) is 0.640. The SMILES string of the molecule is CCNCCCNCc1cc(Br)c(OCC)c(OC)c1. The van der Waals surface area contributed by atoms with Crippen molar-refractivity contribution in [3.8, 4) is 11.5 Å². The van der Waals surface area contributed by atoms with E-state index < -0.39 is 0 Å². The fourth-order valence-corrected chi connectivity index (χ4v) is 2.51. The number of benzene rings is 1. The zero-order valence-electron chi connectivity index (χ0n) is 12.6. The summed E-state index contributed by atoms with van der Waals surface area (Å²) >= 11 is 3.54. The monoisotopic (exact) mass is 344 g/mol. The van der Waals surface area contributed by atoms with Crippen LogP contribution in [0, 0.1) is 0 Å². The molecule has 0 saturated carbocycles. The highest BCUT2D eigenvalue weighted by Gasteiger charge is 2.10. The van der Waals surface area contributed by atoms with Gasteiger partial charge in [0, 0.05) is 6.54 Å². The van der Waals surface area contributed by atoms with Crippen molar-refractivity contribution in [1.29, 1.82) is 0 Å². The van der Waals surface area contributed by atoms with Gasteiger partial charge in [0.25, 0.3) is 0 Å². The Hall–Kier alpha value is -0.780. The van der Waals surface area contributed by atoms with Crippen molar-refractivity contribution in [3.63, 3.8) is 0 Å². The fourth-order valence-electron chi connectivity index (χ4n) is 1.91. The van der Waals surface area contributed by atoms with Gasteiger partial charge in [-0.2, -0.15) is 0 Å². The molecule has 1 aromatic carbocycles. The van der Waals surface area contributed by atoms with E-state index in [9.17, 15) is 0 Å². The highest BCUT2D eigenvalue weighted by atomic mass is 79.9. The fraction of sp³-hybridized carbons (Fsp3) is 0.600. The Kier molecular flexibility index (Phi) is 8.65. The lowest BCUT2D eigenvalue weighted by atomic mass is 10.2. The van der Waals surface area contributed by atoms with Crippen LogP contribution >= 0.6 is 15.9 Å². The predicted molar refractivity (Wildman–Crippen MR) is 86.7 cm³/mol. The Morgan fingerprint density at radius 1 is 1.15 bits per heavy atom. The van der Waals surface area contributed by atoms with E-state index in [1.807, 2.05) is 13.0 Å². The number of halogens is 1. The van der Waals surface area contributed by atoms with E-state index >= 15 is 0 Å². The molecular formula is C15H25BrN2O2. The lowest BCUT2D eigenvalue weighted by Crippen LogP contribution is -2.21. The minimum absolute atomic E-state index is 0.622. The van der Waals surface area contributed by atoms with Gasteiger partial charge in [-0.05, 0) is 66.6 Å². The van der Waals surface area contributed by atoms with Gasteiger partial charge in [0.15, 0.2) is 11.5 Å². The number of hydrogen-bond acceptors (Lipinski definition) is 4. The van der Waals surface area contributed by atoms with Crippen molar-refractivity contribution in [3.05, 3.63) is 22.2 Å². The molecule has 0 radical (unpaired) electrons. The number of rotatable bonds is 10. The van der Waals surface area contributed by atoms with Crippen LogP contribution in [0.3, 0.4) is 0 Å². The summed E-state index contributed by atoms with van der Waals surface area (Å²) in [7, 11) is 1.66. The number of methoxy groups -OCH3 is 1. The standard InChI is InChI=1S/C15H25BrN2O2/c1-4-17-7-6-8-18-11-12-9-13(16)15(20-5-2)14(10-12)19-3/h9-10,17-18H,4-8,11H2,1-3H3. The lowest BCUT2D eigenvalue weighted by Gasteiger charge is -2.13. The zero-order chi connectivity index (χ0) is 14.8. The van der Waals surface area contributed by atoms with E-state index in [0.29, 0.717) is 6.61 Å². The summed E-state index contributed by atoms with van der Waals surface area (Å²) in [6.07, 6.45) is 1.13. The molecular weight excluding hydrogens is 320 g/mol. The van der Waals surface area contributed by atoms with Gasteiger partial charge in [-0.15, -0.1) is 0 Å². The number of nitrogens with one attached hydrogen (secondary N) is 2. The molecule has 5 heteroatoms. The number of ether oxygens (including phenoxy) is 2. The molecule has 1 aromatic rings. The molecule has 0 aromatic heterocycles. The molecule has 20 heavy (non-hydrogen) atoms. The van der Waals surface area contributed by atoms with Gasteiger partial charge in [0.05, 0.1) is 18.2 Å². The normalized spacial score (nSPS) is 10.6. The van der Waals surface area contributed by atoms with E-state index in [1.54, 1.807) is 7.11 Å². The molecule has 0 atom stereocenters. The second-order valence-electron chi connectivity index (χ2n) is 4.43. The van der Waals surface area contributed by atoms with Crippen molar-refractivity contribution in [2.75, 3.05) is 33.4 Å². The Morgan fingerprint density at radius 2 is 1.90 bits per heavy atom. The molecule has 4 nitrogen and oxygen atoms in total. The van der Waals surface area contributed by atoms with Gasteiger partial charge < -0.3 is 20.1 Å². The van der Waals surface area contributed by atoms with Gasteiger partial charge in [-0.25, -0.2) is 0 Å². The van der Waals surface area contributed by atoms with Crippen LogP contribution < -0.4 is 20.1 Å². The lowest BCUT2D eigenvalue weighted by molar-refractivity contribution is 0.308. The molecule has 1 rings (SSSR count). The summed E-state index contributed by atoms with van der Waals surface area (Å²) in [4.78, 5) is 0. The second kappa shape index (κ2) is 10.0. The Morgan fingerprint density at radius 3 is 2.55 bits per heavy atom. The first-order valence-corrected chi connectivity index (χ1v) is 7.92. The highest BCUT2D eigenvalue weighted by Crippen LogP contribution is 2.36. The molecule has 0 amide bonds. The van der Waals surface area contributed by atoms with Crippen LogP contribution in [0.5, 0.6) is 11.5 Å². The third-order valence-corrected chi connectivity index (χ3v) is 3.45. The highest BCUT2D eigenvalue weighted by molar-refractivity contribution is 9.10. The van der Waals surface area contributed by atoms with E-state index in [0.717, 1.165) is 48.6 Å². The summed E-state index contributed by atoms with van der Waals surface area (Å²) < 4.78 is 11.9. The summed E-state index contributed by atoms with van der Waals surface area (Å²) in [5.74, 6) is 1.54. The van der Waals surface area contributed by atoms with Gasteiger partial charge in [0.1, 0.15) is 0 Å². The van der Waals surface area contributed by atoms with Crippen LogP contribution in [0.25, 0.3) is 0 Å². The van der Waals surface area contributed by atoms with Crippen LogP contribution in [0.4, 0.5) is 0 Å². The summed E-state index contributed by atoms with van der Waals surface area (Å²) in [6.45, 7) is 8.62. The first-order chi connectivity index (χ1) is 9.72. The van der Waals surface area contributed by atoms with Crippen molar-refractivity contribution in [1.82, 2.24) is 10.6 Å². The average molecular weight is 345 g/mol. The predicted octanol–water partition coefficient (Wildman–Crippen LogP) is 2.95. The third kappa shape index (κ3) is 5.69. The Balaban J connectivity index is 2.52. The molecule has 0 bridgehead atoms. The van der Waals surface area contributed by atoms with E-state index in [-0.39, 0.29) is 0 Å². The van der Waals surface area contributed by atoms with Gasteiger partial charge in [-0.3, -0.25) is 0 Å². The maximum absolute atomic E-state index is 5.58. The minimum Gasteiger partial charge on any atom is -0.493 e. The second-order valence-corrected chi connectivity index (χ2v) is 5.28. The molecule has 2 N–H and O–H groups in total. The third-order valence-electron chi connectivity index (χ3n) is 2.86. The van der Waals surface area contributed by atoms with Gasteiger partial charge >= 0.3 is 0 Å². The largest absolute Gasteiger partial charge is 0.493 e. The van der Waals surface area contributed by atoms with Gasteiger partial charge in [-0.1, -0.05) is 6.92 Å². The molecule has 0 aliphatic carbocycles. The van der Waals surface area contributed by atoms with Crippen LogP contribution in [0.1, 0.15) is 25.8 Å². The first-order valence-electron chi connectivity index (χ1n) is 7.13. The van der Waals surface area contributed by atoms with E-state index in [4.69, 9.17) is 9.47 Å². The molecule has 0 fully saturated rings. The molecule has 0 unspecified atom stereocenters. The van der Waals surface area contributed by atoms with Crippen molar-refractivity contribution in [2.45, 2.75) is 26.8 Å². The van der Waals surface area contributed by atoms with E-state index in [2.05, 4.69) is 39.6 Å². The summed E-state index contributed by atoms with van der Waals surface area (Å²) in [5, 5.41) is 6.75. The summed E-state index contributed by atoms with van der Waals surface area (Å²) in [5.41, 5.74) is 1.18. The Labute approximate surface area is 130 Å². The van der Waals surface area contributed by atoms with Crippen LogP contribution in [-0.2, 0) is 6.54 Å². The van der Waals surface area contributed by atoms with Crippen molar-refractivity contribution >= 4 is 15.9 Å². The van der Waals surface area contributed by atoms with Crippen LogP contribution in [0.15, 0.2) is 16.6 Å². The molecule has 0 aliphatic heterocycles. The zero-order valence-corrected chi connectivity index (χ0v) is 14.2. The maximum Gasteiger partial charge on any atom is 0.175 e. The topological polar surface area (TPSA) is 42.5 Å². The molecule has 114 valence electrons. The van der Waals surface area contributed by atoms with Crippen molar-refractivity contribution in [2.24, 2.45) is 0 Å². The van der Waals surface area contributed by atoms with Crippen molar-refractivity contribution < 1.29 is 9.47 Å². The molecule has 0 saturated heterocycles.